The van der Waals surface area contributed by atoms with Crippen LogP contribution in [0.2, 0.25) is 0 Å². The summed E-state index contributed by atoms with van der Waals surface area (Å²) in [4.78, 5) is 11.2. The minimum absolute atomic E-state index is 0.00463. The number of benzene rings is 1. The van der Waals surface area contributed by atoms with Gasteiger partial charge in [0.05, 0.1) is 18.1 Å². The molecule has 5 nitrogen and oxygen atoms in total. The Kier molecular flexibility index (Phi) is 4.24. The zero-order valence-electron chi connectivity index (χ0n) is 10.5. The van der Waals surface area contributed by atoms with Crippen LogP contribution in [0.3, 0.4) is 0 Å². The SMILES string of the molecule is O=[N+]([O-])c1ccc(C(N2CCOCC2)C(F)(F)F)cc1. The summed E-state index contributed by atoms with van der Waals surface area (Å²) in [7, 11) is 0. The summed E-state index contributed by atoms with van der Waals surface area (Å²) in [5.41, 5.74) is -0.221. The lowest BCUT2D eigenvalue weighted by atomic mass is 10.0. The maximum Gasteiger partial charge on any atom is 0.408 e. The molecule has 0 N–H and O–H groups in total. The fourth-order valence-corrected chi connectivity index (χ4v) is 2.22. The van der Waals surface area contributed by atoms with Crippen LogP contribution in [-0.4, -0.2) is 42.3 Å². The fraction of sp³-hybridized carbons (Fsp3) is 0.500. The van der Waals surface area contributed by atoms with E-state index in [4.69, 9.17) is 4.74 Å². The van der Waals surface area contributed by atoms with E-state index in [2.05, 4.69) is 0 Å². The lowest BCUT2D eigenvalue weighted by molar-refractivity contribution is -0.384. The zero-order chi connectivity index (χ0) is 14.8. The lowest BCUT2D eigenvalue weighted by Gasteiger charge is -2.35. The average molecular weight is 290 g/mol. The summed E-state index contributed by atoms with van der Waals surface area (Å²) < 4.78 is 44.7. The van der Waals surface area contributed by atoms with E-state index < -0.39 is 17.1 Å². The quantitative estimate of drug-likeness (QED) is 0.634. The van der Waals surface area contributed by atoms with Crippen molar-refractivity contribution in [2.24, 2.45) is 0 Å². The Balaban J connectivity index is 2.28. The normalized spacial score (nSPS) is 18.8. The van der Waals surface area contributed by atoms with Crippen molar-refractivity contribution in [3.63, 3.8) is 0 Å². The van der Waals surface area contributed by atoms with Crippen LogP contribution in [0.4, 0.5) is 18.9 Å². The summed E-state index contributed by atoms with van der Waals surface area (Å²) in [6.07, 6.45) is -4.44. The summed E-state index contributed by atoms with van der Waals surface area (Å²) in [5, 5.41) is 10.5. The number of nitro groups is 1. The molecule has 1 heterocycles. The highest BCUT2D eigenvalue weighted by Crippen LogP contribution is 2.38. The molecule has 20 heavy (non-hydrogen) atoms. The van der Waals surface area contributed by atoms with Crippen LogP contribution in [0.25, 0.3) is 0 Å². The van der Waals surface area contributed by atoms with E-state index >= 15 is 0 Å². The summed E-state index contributed by atoms with van der Waals surface area (Å²) in [6, 6.07) is 2.74. The molecule has 0 amide bonds. The molecule has 110 valence electrons. The molecule has 0 bridgehead atoms. The van der Waals surface area contributed by atoms with Gasteiger partial charge in [0.25, 0.3) is 5.69 Å². The minimum atomic E-state index is -4.44. The maximum atomic E-state index is 13.2. The van der Waals surface area contributed by atoms with Crippen molar-refractivity contribution >= 4 is 5.69 Å². The van der Waals surface area contributed by atoms with Gasteiger partial charge in [0.15, 0.2) is 0 Å². The molecule has 1 atom stereocenters. The van der Waals surface area contributed by atoms with Crippen molar-refractivity contribution in [1.29, 1.82) is 0 Å². The molecule has 0 saturated carbocycles. The van der Waals surface area contributed by atoms with E-state index in [0.717, 1.165) is 24.3 Å². The first kappa shape index (κ1) is 14.7. The van der Waals surface area contributed by atoms with Gasteiger partial charge in [-0.3, -0.25) is 15.0 Å². The fourth-order valence-electron chi connectivity index (χ4n) is 2.22. The summed E-state index contributed by atoms with van der Waals surface area (Å²) >= 11 is 0. The Labute approximate surface area is 113 Å². The van der Waals surface area contributed by atoms with Crippen LogP contribution < -0.4 is 0 Å². The third-order valence-corrected chi connectivity index (χ3v) is 3.14. The van der Waals surface area contributed by atoms with Gasteiger partial charge in [-0.2, -0.15) is 13.2 Å². The van der Waals surface area contributed by atoms with E-state index in [1.54, 1.807) is 0 Å². The van der Waals surface area contributed by atoms with Gasteiger partial charge in [-0.15, -0.1) is 0 Å². The number of hydrogen-bond acceptors (Lipinski definition) is 4. The molecule has 1 unspecified atom stereocenters. The van der Waals surface area contributed by atoms with Crippen molar-refractivity contribution in [2.75, 3.05) is 26.3 Å². The predicted molar refractivity (Wildman–Crippen MR) is 64.3 cm³/mol. The molecule has 0 aliphatic carbocycles. The van der Waals surface area contributed by atoms with E-state index in [0.29, 0.717) is 0 Å². The number of morpholine rings is 1. The maximum absolute atomic E-state index is 13.2. The largest absolute Gasteiger partial charge is 0.408 e. The second-order valence-electron chi connectivity index (χ2n) is 4.44. The molecule has 1 saturated heterocycles. The Hall–Kier alpha value is -1.67. The molecular weight excluding hydrogens is 277 g/mol. The summed E-state index contributed by atoms with van der Waals surface area (Å²) in [5.74, 6) is 0. The van der Waals surface area contributed by atoms with Crippen molar-refractivity contribution in [3.05, 3.63) is 39.9 Å². The van der Waals surface area contributed by atoms with Gasteiger partial charge in [0.1, 0.15) is 6.04 Å². The Morgan fingerprint density at radius 1 is 1.20 bits per heavy atom. The number of non-ortho nitro benzene ring substituents is 1. The lowest BCUT2D eigenvalue weighted by Crippen LogP contribution is -2.44. The first-order chi connectivity index (χ1) is 9.39. The highest BCUT2D eigenvalue weighted by molar-refractivity contribution is 5.34. The summed E-state index contributed by atoms with van der Waals surface area (Å²) in [6.45, 7) is 0.863. The number of halogens is 3. The van der Waals surface area contributed by atoms with Crippen molar-refractivity contribution in [1.82, 2.24) is 4.90 Å². The predicted octanol–water partition coefficient (Wildman–Crippen LogP) is 2.53. The molecule has 8 heteroatoms. The van der Waals surface area contributed by atoms with Crippen LogP contribution in [-0.2, 0) is 4.74 Å². The van der Waals surface area contributed by atoms with Crippen molar-refractivity contribution < 1.29 is 22.8 Å². The van der Waals surface area contributed by atoms with E-state index in [1.807, 2.05) is 0 Å². The molecule has 0 radical (unpaired) electrons. The molecule has 1 aliphatic rings. The van der Waals surface area contributed by atoms with Gasteiger partial charge in [-0.05, 0) is 5.56 Å². The third kappa shape index (κ3) is 3.26. The zero-order valence-corrected chi connectivity index (χ0v) is 10.5. The van der Waals surface area contributed by atoms with Crippen LogP contribution >= 0.6 is 0 Å². The number of rotatable bonds is 3. The molecule has 1 aromatic rings. The molecule has 1 fully saturated rings. The van der Waals surface area contributed by atoms with Gasteiger partial charge < -0.3 is 4.74 Å². The van der Waals surface area contributed by atoms with Gasteiger partial charge in [0.2, 0.25) is 0 Å². The Morgan fingerprint density at radius 2 is 1.75 bits per heavy atom. The smallest absolute Gasteiger partial charge is 0.379 e. The number of ether oxygens (including phenoxy) is 1. The second-order valence-corrected chi connectivity index (χ2v) is 4.44. The van der Waals surface area contributed by atoms with Crippen molar-refractivity contribution in [3.8, 4) is 0 Å². The number of hydrogen-bond donors (Lipinski definition) is 0. The standard InChI is InChI=1S/C12H13F3N2O3/c13-12(14,15)11(16-5-7-20-8-6-16)9-1-3-10(4-2-9)17(18)19/h1-4,11H,5-8H2. The third-order valence-electron chi connectivity index (χ3n) is 3.14. The first-order valence-corrected chi connectivity index (χ1v) is 6.02. The van der Waals surface area contributed by atoms with Gasteiger partial charge >= 0.3 is 6.18 Å². The first-order valence-electron chi connectivity index (χ1n) is 6.02. The monoisotopic (exact) mass is 290 g/mol. The molecular formula is C12H13F3N2O3. The van der Waals surface area contributed by atoms with Gasteiger partial charge in [-0.25, -0.2) is 0 Å². The van der Waals surface area contributed by atoms with Crippen LogP contribution in [0.1, 0.15) is 11.6 Å². The van der Waals surface area contributed by atoms with Gasteiger partial charge in [0, 0.05) is 25.2 Å². The van der Waals surface area contributed by atoms with Crippen LogP contribution in [0.5, 0.6) is 0 Å². The Bertz CT molecular complexity index is 470. The molecule has 0 spiro atoms. The topological polar surface area (TPSA) is 55.6 Å². The highest BCUT2D eigenvalue weighted by Gasteiger charge is 2.45. The number of nitrogens with zero attached hydrogens (tertiary/aromatic N) is 2. The number of alkyl halides is 3. The molecule has 1 aliphatic heterocycles. The van der Waals surface area contributed by atoms with E-state index in [9.17, 15) is 23.3 Å². The Morgan fingerprint density at radius 3 is 2.20 bits per heavy atom. The van der Waals surface area contributed by atoms with E-state index in [1.165, 1.54) is 4.90 Å². The highest BCUT2D eigenvalue weighted by atomic mass is 19.4. The van der Waals surface area contributed by atoms with Crippen LogP contribution in [0, 0.1) is 10.1 Å². The average Bonchev–Trinajstić information content (AvgIpc) is 2.39. The molecule has 0 aromatic heterocycles. The second kappa shape index (κ2) is 5.76. The van der Waals surface area contributed by atoms with E-state index in [-0.39, 0.29) is 37.6 Å². The minimum Gasteiger partial charge on any atom is -0.379 e. The molecule has 1 aromatic carbocycles. The van der Waals surface area contributed by atoms with Gasteiger partial charge in [-0.1, -0.05) is 12.1 Å². The van der Waals surface area contributed by atoms with Crippen molar-refractivity contribution in [2.45, 2.75) is 12.2 Å². The molecule has 2 rings (SSSR count). The number of nitro benzene ring substituents is 1. The van der Waals surface area contributed by atoms with Crippen LogP contribution in [0.15, 0.2) is 24.3 Å².